The zero-order chi connectivity index (χ0) is 15.1. The Morgan fingerprint density at radius 1 is 1.00 bits per heavy atom. The second kappa shape index (κ2) is 4.80. The third-order valence-electron chi connectivity index (χ3n) is 3.78. The molecule has 0 aliphatic carbocycles. The van der Waals surface area contributed by atoms with Gasteiger partial charge in [0.25, 0.3) is 0 Å². The monoisotopic (exact) mass is 290 g/mol. The van der Waals surface area contributed by atoms with Gasteiger partial charge in [0, 0.05) is 5.56 Å². The van der Waals surface area contributed by atoms with E-state index in [1.165, 1.54) is 5.56 Å². The fourth-order valence-electron chi connectivity index (χ4n) is 2.61. The fraction of sp³-hybridized carbons (Fsp3) is 0.118. The molecule has 108 valence electrons. The van der Waals surface area contributed by atoms with Gasteiger partial charge in [-0.2, -0.15) is 0 Å². The molecule has 2 heterocycles. The summed E-state index contributed by atoms with van der Waals surface area (Å²) in [6.45, 7) is 4.09. The molecule has 0 atom stereocenters. The quantitative estimate of drug-likeness (QED) is 0.565. The Labute approximate surface area is 127 Å². The van der Waals surface area contributed by atoms with Crippen LogP contribution in [-0.2, 0) is 0 Å². The van der Waals surface area contributed by atoms with Crippen molar-refractivity contribution in [3.05, 3.63) is 60.2 Å². The van der Waals surface area contributed by atoms with Gasteiger partial charge in [-0.05, 0) is 49.2 Å². The van der Waals surface area contributed by atoms with E-state index in [-0.39, 0.29) is 0 Å². The number of nitrogens with zero attached hydrogens (tertiary/aromatic N) is 4. The zero-order valence-electron chi connectivity index (χ0n) is 12.3. The maximum atomic E-state index is 5.91. The predicted octanol–water partition coefficient (Wildman–Crippen LogP) is 3.69. The number of oxazole rings is 1. The second-order valence-electron chi connectivity index (χ2n) is 5.31. The Kier molecular flexibility index (Phi) is 2.79. The van der Waals surface area contributed by atoms with E-state index in [9.17, 15) is 0 Å². The van der Waals surface area contributed by atoms with Crippen molar-refractivity contribution in [2.24, 2.45) is 0 Å². The maximum Gasteiger partial charge on any atom is 0.227 e. The van der Waals surface area contributed by atoms with E-state index in [1.807, 2.05) is 54.8 Å². The lowest BCUT2D eigenvalue weighted by Gasteiger charge is -2.08. The summed E-state index contributed by atoms with van der Waals surface area (Å²) in [7, 11) is 0. The van der Waals surface area contributed by atoms with Crippen molar-refractivity contribution in [3.8, 4) is 17.1 Å². The summed E-state index contributed by atoms with van der Waals surface area (Å²) in [5, 5.41) is 7.72. The Morgan fingerprint density at radius 2 is 1.82 bits per heavy atom. The van der Waals surface area contributed by atoms with E-state index < -0.39 is 0 Å². The number of hydrogen-bond donors (Lipinski definition) is 0. The van der Waals surface area contributed by atoms with E-state index >= 15 is 0 Å². The molecule has 0 spiro atoms. The van der Waals surface area contributed by atoms with Crippen molar-refractivity contribution >= 4 is 11.1 Å². The third-order valence-corrected chi connectivity index (χ3v) is 3.78. The lowest BCUT2D eigenvalue weighted by atomic mass is 10.1. The van der Waals surface area contributed by atoms with Crippen LogP contribution in [0.5, 0.6) is 0 Å². The number of hydrogen-bond acceptors (Lipinski definition) is 4. The van der Waals surface area contributed by atoms with E-state index in [1.54, 1.807) is 12.7 Å². The summed E-state index contributed by atoms with van der Waals surface area (Å²) in [6.07, 6.45) is 3.36. The maximum absolute atomic E-state index is 5.91. The van der Waals surface area contributed by atoms with Gasteiger partial charge in [0.2, 0.25) is 5.89 Å². The van der Waals surface area contributed by atoms with Crippen LogP contribution in [-0.4, -0.2) is 19.7 Å². The molecule has 4 rings (SSSR count). The number of aryl methyl sites for hydroxylation is 1. The van der Waals surface area contributed by atoms with Crippen molar-refractivity contribution in [2.45, 2.75) is 13.8 Å². The number of benzene rings is 2. The minimum absolute atomic E-state index is 0.632. The highest BCUT2D eigenvalue weighted by Gasteiger charge is 2.13. The molecule has 0 aliphatic heterocycles. The first-order chi connectivity index (χ1) is 10.7. The summed E-state index contributed by atoms with van der Waals surface area (Å²) in [6, 6.07) is 12.0. The van der Waals surface area contributed by atoms with Gasteiger partial charge >= 0.3 is 0 Å². The van der Waals surface area contributed by atoms with Crippen molar-refractivity contribution in [1.29, 1.82) is 0 Å². The topological polar surface area (TPSA) is 56.7 Å². The van der Waals surface area contributed by atoms with Crippen LogP contribution in [0.15, 0.2) is 53.5 Å². The molecule has 5 nitrogen and oxygen atoms in total. The predicted molar refractivity (Wildman–Crippen MR) is 83.8 cm³/mol. The molecule has 0 saturated carbocycles. The smallest absolute Gasteiger partial charge is 0.227 e. The SMILES string of the molecule is Cc1ccc2oc(-c3cccc(-n4cnnc4)c3C)nc2c1. The van der Waals surface area contributed by atoms with Crippen LogP contribution >= 0.6 is 0 Å². The van der Waals surface area contributed by atoms with Crippen molar-refractivity contribution in [3.63, 3.8) is 0 Å². The number of rotatable bonds is 2. The molecular weight excluding hydrogens is 276 g/mol. The van der Waals surface area contributed by atoms with E-state index in [0.717, 1.165) is 27.9 Å². The fourth-order valence-corrected chi connectivity index (χ4v) is 2.61. The van der Waals surface area contributed by atoms with Crippen LogP contribution in [0, 0.1) is 13.8 Å². The lowest BCUT2D eigenvalue weighted by Crippen LogP contribution is -1.96. The normalized spacial score (nSPS) is 11.2. The van der Waals surface area contributed by atoms with Crippen molar-refractivity contribution in [2.75, 3.05) is 0 Å². The zero-order valence-corrected chi connectivity index (χ0v) is 12.3. The van der Waals surface area contributed by atoms with Crippen LogP contribution in [0.1, 0.15) is 11.1 Å². The Hall–Kier alpha value is -2.95. The van der Waals surface area contributed by atoms with Gasteiger partial charge < -0.3 is 4.42 Å². The minimum Gasteiger partial charge on any atom is -0.436 e. The molecule has 0 N–H and O–H groups in total. The van der Waals surface area contributed by atoms with Gasteiger partial charge in [-0.1, -0.05) is 12.1 Å². The summed E-state index contributed by atoms with van der Waals surface area (Å²) < 4.78 is 7.79. The Morgan fingerprint density at radius 3 is 2.64 bits per heavy atom. The first-order valence-corrected chi connectivity index (χ1v) is 7.04. The van der Waals surface area contributed by atoms with Crippen LogP contribution in [0.25, 0.3) is 28.2 Å². The molecule has 0 unspecified atom stereocenters. The van der Waals surface area contributed by atoms with Crippen molar-refractivity contribution in [1.82, 2.24) is 19.7 Å². The van der Waals surface area contributed by atoms with E-state index in [4.69, 9.17) is 4.42 Å². The molecule has 0 saturated heterocycles. The first kappa shape index (κ1) is 12.8. The average molecular weight is 290 g/mol. The highest BCUT2D eigenvalue weighted by Crippen LogP contribution is 2.29. The summed E-state index contributed by atoms with van der Waals surface area (Å²) in [5.74, 6) is 0.632. The molecule has 2 aromatic heterocycles. The molecule has 0 aliphatic rings. The first-order valence-electron chi connectivity index (χ1n) is 7.04. The van der Waals surface area contributed by atoms with Crippen LogP contribution in [0.2, 0.25) is 0 Å². The highest BCUT2D eigenvalue weighted by atomic mass is 16.3. The van der Waals surface area contributed by atoms with Crippen molar-refractivity contribution < 1.29 is 4.42 Å². The van der Waals surface area contributed by atoms with Crippen LogP contribution < -0.4 is 0 Å². The molecule has 22 heavy (non-hydrogen) atoms. The summed E-state index contributed by atoms with van der Waals surface area (Å²) in [4.78, 5) is 4.62. The number of fused-ring (bicyclic) bond motifs is 1. The van der Waals surface area contributed by atoms with Gasteiger partial charge in [-0.15, -0.1) is 10.2 Å². The Bertz CT molecular complexity index is 954. The average Bonchev–Trinajstić information content (AvgIpc) is 3.15. The van der Waals surface area contributed by atoms with Gasteiger partial charge in [-0.3, -0.25) is 4.57 Å². The molecule has 5 heteroatoms. The third kappa shape index (κ3) is 1.98. The van der Waals surface area contributed by atoms with Crippen LogP contribution in [0.3, 0.4) is 0 Å². The van der Waals surface area contributed by atoms with Gasteiger partial charge in [-0.25, -0.2) is 4.98 Å². The molecule has 2 aromatic carbocycles. The van der Waals surface area contributed by atoms with Gasteiger partial charge in [0.1, 0.15) is 18.2 Å². The molecule has 0 amide bonds. The van der Waals surface area contributed by atoms with E-state index in [0.29, 0.717) is 5.89 Å². The van der Waals surface area contributed by atoms with Crippen LogP contribution in [0.4, 0.5) is 0 Å². The molecular formula is C17H14N4O. The lowest BCUT2D eigenvalue weighted by molar-refractivity contribution is 0.619. The molecule has 0 bridgehead atoms. The standard InChI is InChI=1S/C17H14N4O/c1-11-6-7-16-14(8-11)20-17(22-16)13-4-3-5-15(12(13)2)21-9-18-19-10-21/h3-10H,1-2H3. The van der Waals surface area contributed by atoms with Gasteiger partial charge in [0.05, 0.1) is 5.69 Å². The molecule has 4 aromatic rings. The van der Waals surface area contributed by atoms with Gasteiger partial charge in [0.15, 0.2) is 5.58 Å². The summed E-state index contributed by atoms with van der Waals surface area (Å²) in [5.41, 5.74) is 5.91. The summed E-state index contributed by atoms with van der Waals surface area (Å²) >= 11 is 0. The van der Waals surface area contributed by atoms with E-state index in [2.05, 4.69) is 15.2 Å². The minimum atomic E-state index is 0.632. The Balaban J connectivity index is 1.89. The molecule has 0 radical (unpaired) electrons. The molecule has 0 fully saturated rings. The second-order valence-corrected chi connectivity index (χ2v) is 5.31. The number of aromatic nitrogens is 4. The highest BCUT2D eigenvalue weighted by molar-refractivity contribution is 5.78. The largest absolute Gasteiger partial charge is 0.436 e.